The van der Waals surface area contributed by atoms with Gasteiger partial charge in [0.1, 0.15) is 17.3 Å². The maximum atomic E-state index is 10.1. The Hall–Kier alpha value is -0.830. The summed E-state index contributed by atoms with van der Waals surface area (Å²) in [5.41, 5.74) is 0. The molecule has 2 aliphatic rings. The van der Waals surface area contributed by atoms with Gasteiger partial charge in [0.25, 0.3) is 0 Å². The molecule has 3 rings (SSSR count). The second-order valence-electron chi connectivity index (χ2n) is 6.32. The largest absolute Gasteiger partial charge is 0.508 e. The zero-order valence-corrected chi connectivity index (χ0v) is 12.9. The van der Waals surface area contributed by atoms with Crippen LogP contribution in [0.1, 0.15) is 44.9 Å². The van der Waals surface area contributed by atoms with E-state index in [1.807, 2.05) is 0 Å². The van der Waals surface area contributed by atoms with Gasteiger partial charge in [0, 0.05) is 22.9 Å². The highest BCUT2D eigenvalue weighted by molar-refractivity contribution is 7.97. The van der Waals surface area contributed by atoms with Crippen LogP contribution in [0.3, 0.4) is 0 Å². The van der Waals surface area contributed by atoms with Gasteiger partial charge < -0.3 is 10.2 Å². The summed E-state index contributed by atoms with van der Waals surface area (Å²) in [4.78, 5) is 0.991. The Balaban J connectivity index is 1.72. The minimum Gasteiger partial charge on any atom is -0.508 e. The van der Waals surface area contributed by atoms with E-state index in [0.717, 1.165) is 16.7 Å². The summed E-state index contributed by atoms with van der Waals surface area (Å²) >= 11 is 0. The smallest absolute Gasteiger partial charge is 0.200 e. The van der Waals surface area contributed by atoms with Crippen molar-refractivity contribution in [3.63, 3.8) is 0 Å². The van der Waals surface area contributed by atoms with Gasteiger partial charge in [-0.3, -0.25) is 0 Å². The second-order valence-corrected chi connectivity index (χ2v) is 8.48. The van der Waals surface area contributed by atoms with Crippen LogP contribution >= 0.6 is 0 Å². The summed E-state index contributed by atoms with van der Waals surface area (Å²) in [7, 11) is 0.128. The molecule has 1 aliphatic heterocycles. The first-order valence-corrected chi connectivity index (χ1v) is 9.50. The maximum Gasteiger partial charge on any atom is 0.200 e. The molecule has 1 saturated carbocycles. The molecule has 1 heterocycles. The Morgan fingerprint density at radius 1 is 0.900 bits per heavy atom. The molecule has 110 valence electrons. The highest BCUT2D eigenvalue weighted by Gasteiger charge is 2.37. The Kier molecular flexibility index (Phi) is 4.45. The summed E-state index contributed by atoms with van der Waals surface area (Å²) in [6.07, 6.45) is 9.70. The van der Waals surface area contributed by atoms with Gasteiger partial charge in [0.2, 0.25) is 0 Å². The van der Waals surface area contributed by atoms with Crippen LogP contribution in [0.2, 0.25) is 0 Å². The molecule has 1 aromatic carbocycles. The molecule has 20 heavy (non-hydrogen) atoms. The topological polar surface area (TPSA) is 40.5 Å². The van der Waals surface area contributed by atoms with Crippen molar-refractivity contribution in [1.82, 2.24) is 0 Å². The number of benzene rings is 1. The Bertz CT molecular complexity index is 454. The van der Waals surface area contributed by atoms with Crippen molar-refractivity contribution in [2.75, 3.05) is 11.5 Å². The van der Waals surface area contributed by atoms with Crippen molar-refractivity contribution in [3.8, 4) is 11.5 Å². The van der Waals surface area contributed by atoms with Gasteiger partial charge in [0.05, 0.1) is 0 Å². The molecule has 1 saturated heterocycles. The fraction of sp³-hybridized carbons (Fsp3) is 0.647. The Morgan fingerprint density at radius 3 is 2.45 bits per heavy atom. The summed E-state index contributed by atoms with van der Waals surface area (Å²) in [6, 6.07) is 4.99. The van der Waals surface area contributed by atoms with Crippen molar-refractivity contribution in [2.45, 2.75) is 49.8 Å². The molecular weight excluding hydrogens is 268 g/mol. The van der Waals surface area contributed by atoms with Gasteiger partial charge in [-0.2, -0.15) is 0 Å². The highest BCUT2D eigenvalue weighted by atomic mass is 32.2. The third-order valence-corrected chi connectivity index (χ3v) is 7.51. The fourth-order valence-electron chi connectivity index (χ4n) is 3.86. The van der Waals surface area contributed by atoms with E-state index in [0.29, 0.717) is 5.75 Å². The van der Waals surface area contributed by atoms with E-state index in [-0.39, 0.29) is 16.6 Å². The van der Waals surface area contributed by atoms with Crippen LogP contribution in [-0.2, 0) is 10.9 Å². The lowest BCUT2D eigenvalue weighted by atomic mass is 9.79. The van der Waals surface area contributed by atoms with Crippen molar-refractivity contribution in [2.24, 2.45) is 11.8 Å². The molecule has 0 amide bonds. The molecular formula is C17H25O2S+. The lowest BCUT2D eigenvalue weighted by Crippen LogP contribution is -2.31. The van der Waals surface area contributed by atoms with E-state index >= 15 is 0 Å². The Morgan fingerprint density at radius 2 is 1.65 bits per heavy atom. The molecule has 0 aromatic heterocycles. The summed E-state index contributed by atoms with van der Waals surface area (Å²) in [5.74, 6) is 4.82. The minimum atomic E-state index is 0.128. The molecule has 1 unspecified atom stereocenters. The third-order valence-electron chi connectivity index (χ3n) is 4.95. The molecule has 0 radical (unpaired) electrons. The lowest BCUT2D eigenvalue weighted by molar-refractivity contribution is 0.251. The zero-order valence-electron chi connectivity index (χ0n) is 12.1. The monoisotopic (exact) mass is 293 g/mol. The summed E-state index contributed by atoms with van der Waals surface area (Å²) in [5, 5.41) is 19.8. The van der Waals surface area contributed by atoms with Gasteiger partial charge >= 0.3 is 0 Å². The van der Waals surface area contributed by atoms with Crippen LogP contribution in [0, 0.1) is 11.8 Å². The Labute approximate surface area is 124 Å². The van der Waals surface area contributed by atoms with Gasteiger partial charge in [-0.25, -0.2) is 0 Å². The van der Waals surface area contributed by atoms with Gasteiger partial charge in [-0.15, -0.1) is 0 Å². The quantitative estimate of drug-likeness (QED) is 0.637. The van der Waals surface area contributed by atoms with E-state index < -0.39 is 0 Å². The van der Waals surface area contributed by atoms with Crippen LogP contribution < -0.4 is 0 Å². The standard InChI is InChI=1S/C17H24O2S/c18-15-8-9-16(19)17(11-15)20-10-4-7-14(12-20)13-5-2-1-3-6-13/h8-9,11,13-14H,1-7,10,12H2,(H-,18,19)/p+1/t14-,20?/m1/s1. The van der Waals surface area contributed by atoms with E-state index in [4.69, 9.17) is 0 Å². The number of aromatic hydroxyl groups is 2. The van der Waals surface area contributed by atoms with E-state index in [1.54, 1.807) is 18.2 Å². The molecule has 0 bridgehead atoms. The maximum absolute atomic E-state index is 10.1. The average molecular weight is 293 g/mol. The normalized spacial score (nSPS) is 28.4. The molecule has 2 fully saturated rings. The third kappa shape index (κ3) is 3.08. The average Bonchev–Trinajstić information content (AvgIpc) is 2.51. The van der Waals surface area contributed by atoms with Crippen molar-refractivity contribution in [3.05, 3.63) is 18.2 Å². The van der Waals surface area contributed by atoms with Gasteiger partial charge in [0.15, 0.2) is 10.6 Å². The first-order valence-electron chi connectivity index (χ1n) is 7.93. The molecule has 2 N–H and O–H groups in total. The predicted octanol–water partition coefficient (Wildman–Crippen LogP) is 4.07. The number of hydrogen-bond donors (Lipinski definition) is 2. The molecule has 0 spiro atoms. The van der Waals surface area contributed by atoms with Crippen LogP contribution in [0.25, 0.3) is 0 Å². The fourth-order valence-corrected chi connectivity index (χ4v) is 6.54. The second kappa shape index (κ2) is 6.30. The number of hydrogen-bond acceptors (Lipinski definition) is 2. The van der Waals surface area contributed by atoms with E-state index in [1.165, 1.54) is 56.5 Å². The van der Waals surface area contributed by atoms with Gasteiger partial charge in [-0.05, 0) is 30.9 Å². The number of phenolic OH excluding ortho intramolecular Hbond substituents is 2. The van der Waals surface area contributed by atoms with Crippen molar-refractivity contribution in [1.29, 1.82) is 0 Å². The van der Waals surface area contributed by atoms with Crippen LogP contribution in [0.4, 0.5) is 0 Å². The molecule has 3 heteroatoms. The lowest BCUT2D eigenvalue weighted by Gasteiger charge is -2.32. The van der Waals surface area contributed by atoms with Crippen LogP contribution in [0.5, 0.6) is 11.5 Å². The number of rotatable bonds is 2. The van der Waals surface area contributed by atoms with E-state index in [9.17, 15) is 10.2 Å². The predicted molar refractivity (Wildman–Crippen MR) is 84.4 cm³/mol. The van der Waals surface area contributed by atoms with Crippen LogP contribution in [0.15, 0.2) is 23.1 Å². The SMILES string of the molecule is Oc1ccc(O)c([S+]2CCC[C@@H](C3CCCCC3)C2)c1. The summed E-state index contributed by atoms with van der Waals surface area (Å²) < 4.78 is 0. The van der Waals surface area contributed by atoms with Crippen LogP contribution in [-0.4, -0.2) is 21.7 Å². The minimum absolute atomic E-state index is 0.128. The zero-order chi connectivity index (χ0) is 13.9. The molecule has 1 aliphatic carbocycles. The number of phenols is 2. The molecule has 1 aromatic rings. The van der Waals surface area contributed by atoms with Crippen molar-refractivity contribution >= 4 is 10.9 Å². The first-order chi connectivity index (χ1) is 9.74. The van der Waals surface area contributed by atoms with E-state index in [2.05, 4.69) is 0 Å². The highest BCUT2D eigenvalue weighted by Crippen LogP contribution is 2.39. The molecule has 2 nitrogen and oxygen atoms in total. The van der Waals surface area contributed by atoms with Crippen molar-refractivity contribution < 1.29 is 10.2 Å². The first kappa shape index (κ1) is 14.1. The van der Waals surface area contributed by atoms with Gasteiger partial charge in [-0.1, -0.05) is 32.1 Å². The summed E-state index contributed by atoms with van der Waals surface area (Å²) in [6.45, 7) is 0. The molecule has 2 atom stereocenters.